The monoisotopic (exact) mass is 519 g/mol. The van der Waals surface area contributed by atoms with Crippen LogP contribution in [0.3, 0.4) is 0 Å². The van der Waals surface area contributed by atoms with Crippen LogP contribution in [0.25, 0.3) is 11.3 Å². The number of fused-ring (bicyclic) bond motifs is 1. The topological polar surface area (TPSA) is 146 Å². The molecule has 2 aromatic carbocycles. The van der Waals surface area contributed by atoms with Gasteiger partial charge in [0.2, 0.25) is 18.6 Å². The van der Waals surface area contributed by atoms with Gasteiger partial charge in [-0.2, -0.15) is 0 Å². The number of amides is 1. The Morgan fingerprint density at radius 3 is 2.54 bits per heavy atom. The number of sulfonamides is 1. The summed E-state index contributed by atoms with van der Waals surface area (Å²) in [7, 11) is -3.89. The number of aryl methyl sites for hydroxylation is 1. The molecule has 3 heterocycles. The predicted octanol–water partition coefficient (Wildman–Crippen LogP) is 3.64. The van der Waals surface area contributed by atoms with Gasteiger partial charge in [-0.3, -0.25) is 4.79 Å². The molecule has 0 spiro atoms. The van der Waals surface area contributed by atoms with E-state index in [1.54, 1.807) is 25.1 Å². The van der Waals surface area contributed by atoms with E-state index in [4.69, 9.17) is 14.0 Å². The third kappa shape index (κ3) is 4.35. The lowest BCUT2D eigenvalue weighted by atomic mass is 10.00. The minimum atomic E-state index is -3.89. The molecule has 4 aromatic rings. The van der Waals surface area contributed by atoms with Crippen molar-refractivity contribution in [3.63, 3.8) is 0 Å². The Labute approximate surface area is 211 Å². The highest BCUT2D eigenvalue weighted by molar-refractivity contribution is 7.92. The van der Waals surface area contributed by atoms with Crippen LogP contribution in [0.5, 0.6) is 11.5 Å². The van der Waals surface area contributed by atoms with Crippen LogP contribution in [-0.4, -0.2) is 36.2 Å². The average molecular weight is 520 g/mol. The average Bonchev–Trinajstić information content (AvgIpc) is 3.30. The Kier molecular flexibility index (Phi) is 5.33. The molecule has 12 heteroatoms. The second-order valence-corrected chi connectivity index (χ2v) is 10.5. The molecule has 11 nitrogen and oxygen atoms in total. The Morgan fingerprint density at radius 2 is 1.78 bits per heavy atom. The van der Waals surface area contributed by atoms with Gasteiger partial charge in [-0.15, -0.1) is 0 Å². The molecule has 2 aromatic heterocycles. The molecule has 0 saturated heterocycles. The van der Waals surface area contributed by atoms with Crippen molar-refractivity contribution in [2.75, 3.05) is 16.8 Å². The lowest BCUT2D eigenvalue weighted by molar-refractivity contribution is -0.118. The van der Waals surface area contributed by atoms with E-state index in [0.29, 0.717) is 47.2 Å². The van der Waals surface area contributed by atoms with Crippen LogP contribution < -0.4 is 19.5 Å². The summed E-state index contributed by atoms with van der Waals surface area (Å²) in [5, 5.41) is 7.03. The van der Waals surface area contributed by atoms with Gasteiger partial charge in [-0.25, -0.2) is 23.1 Å². The maximum absolute atomic E-state index is 13.2. The molecule has 1 aliphatic carbocycles. The number of hydrogen-bond acceptors (Lipinski definition) is 9. The lowest BCUT2D eigenvalue weighted by Crippen LogP contribution is -2.28. The van der Waals surface area contributed by atoms with E-state index in [9.17, 15) is 13.2 Å². The van der Waals surface area contributed by atoms with Crippen molar-refractivity contribution in [1.29, 1.82) is 0 Å². The summed E-state index contributed by atoms with van der Waals surface area (Å²) in [5.74, 6) is 1.56. The van der Waals surface area contributed by atoms with Gasteiger partial charge in [0, 0.05) is 29.2 Å². The van der Waals surface area contributed by atoms with Crippen LogP contribution in [0.2, 0.25) is 0 Å². The quantitative estimate of drug-likeness (QED) is 0.374. The number of hydrogen-bond donors (Lipinski definition) is 2. The normalized spacial score (nSPS) is 15.3. The van der Waals surface area contributed by atoms with Crippen LogP contribution in [0.15, 0.2) is 70.2 Å². The largest absolute Gasteiger partial charge is 0.454 e. The molecule has 188 valence electrons. The molecule has 1 aliphatic heterocycles. The molecule has 0 unspecified atom stereocenters. The lowest BCUT2D eigenvalue weighted by Gasteiger charge is -2.13. The second-order valence-electron chi connectivity index (χ2n) is 8.83. The van der Waals surface area contributed by atoms with E-state index in [1.165, 1.54) is 30.5 Å². The summed E-state index contributed by atoms with van der Waals surface area (Å²) in [6.45, 7) is 1.91. The van der Waals surface area contributed by atoms with Crippen LogP contribution in [-0.2, 0) is 20.2 Å². The van der Waals surface area contributed by atoms with Crippen LogP contribution in [0.4, 0.5) is 11.6 Å². The number of rotatable bonds is 7. The first-order valence-electron chi connectivity index (χ1n) is 11.4. The molecule has 1 saturated carbocycles. The molecule has 1 fully saturated rings. The summed E-state index contributed by atoms with van der Waals surface area (Å²) < 4.78 is 44.0. The van der Waals surface area contributed by atoms with Gasteiger partial charge in [0.25, 0.3) is 10.0 Å². The molecular formula is C25H21N5O6S. The van der Waals surface area contributed by atoms with Crippen molar-refractivity contribution in [1.82, 2.24) is 15.1 Å². The number of nitrogens with zero attached hydrogens (tertiary/aromatic N) is 3. The van der Waals surface area contributed by atoms with Crippen molar-refractivity contribution < 1.29 is 27.2 Å². The Bertz CT molecular complexity index is 1610. The molecule has 2 aliphatic rings. The fraction of sp³-hybridized carbons (Fsp3) is 0.200. The highest BCUT2D eigenvalue weighted by atomic mass is 32.2. The maximum atomic E-state index is 13.2. The zero-order chi connectivity index (χ0) is 25.6. The molecule has 6 rings (SSSR count). The van der Waals surface area contributed by atoms with E-state index in [2.05, 4.69) is 25.2 Å². The van der Waals surface area contributed by atoms with Gasteiger partial charge in [-0.1, -0.05) is 5.16 Å². The van der Waals surface area contributed by atoms with E-state index >= 15 is 0 Å². The Morgan fingerprint density at radius 1 is 1.00 bits per heavy atom. The van der Waals surface area contributed by atoms with Gasteiger partial charge in [-0.05, 0) is 68.3 Å². The first-order valence-corrected chi connectivity index (χ1v) is 12.9. The number of ether oxygens (including phenoxy) is 2. The van der Waals surface area contributed by atoms with Crippen molar-refractivity contribution in [2.45, 2.75) is 30.1 Å². The van der Waals surface area contributed by atoms with Crippen LogP contribution in [0, 0.1) is 6.92 Å². The third-order valence-corrected chi connectivity index (χ3v) is 7.63. The van der Waals surface area contributed by atoms with E-state index < -0.39 is 15.4 Å². The first kappa shape index (κ1) is 23.0. The number of aromatic nitrogens is 3. The maximum Gasteiger partial charge on any atom is 0.264 e. The zero-order valence-electron chi connectivity index (χ0n) is 19.6. The van der Waals surface area contributed by atoms with Gasteiger partial charge in [0.05, 0.1) is 16.0 Å². The number of nitrogens with one attached hydrogen (secondary N) is 2. The predicted molar refractivity (Wildman–Crippen MR) is 132 cm³/mol. The van der Waals surface area contributed by atoms with Crippen molar-refractivity contribution in [3.8, 4) is 22.8 Å². The number of anilines is 2. The summed E-state index contributed by atoms with van der Waals surface area (Å²) in [6, 6.07) is 14.7. The molecule has 1 amide bonds. The molecule has 0 radical (unpaired) electrons. The van der Waals surface area contributed by atoms with E-state index in [0.717, 1.165) is 5.56 Å². The van der Waals surface area contributed by atoms with Crippen molar-refractivity contribution in [2.24, 2.45) is 0 Å². The fourth-order valence-electron chi connectivity index (χ4n) is 4.06. The minimum Gasteiger partial charge on any atom is -0.454 e. The molecule has 0 atom stereocenters. The van der Waals surface area contributed by atoms with E-state index in [-0.39, 0.29) is 23.5 Å². The SMILES string of the molecule is Cc1ccnc(NS(=O)(=O)c2ccc(NC(=O)C3(c4cc(-c5ccc6c(c5)OCO6)on4)CC3)cc2)n1. The van der Waals surface area contributed by atoms with Crippen molar-refractivity contribution in [3.05, 3.63) is 72.2 Å². The Hall–Kier alpha value is -4.45. The highest BCUT2D eigenvalue weighted by Gasteiger charge is 2.54. The highest BCUT2D eigenvalue weighted by Crippen LogP contribution is 2.49. The Balaban J connectivity index is 1.15. The molecular weight excluding hydrogens is 498 g/mol. The summed E-state index contributed by atoms with van der Waals surface area (Å²) >= 11 is 0. The molecule has 2 N–H and O–H groups in total. The van der Waals surface area contributed by atoms with Gasteiger partial charge < -0.3 is 19.3 Å². The minimum absolute atomic E-state index is 0.0132. The summed E-state index contributed by atoms with van der Waals surface area (Å²) in [5.41, 5.74) is 1.60. The second kappa shape index (κ2) is 8.59. The van der Waals surface area contributed by atoms with Gasteiger partial charge >= 0.3 is 0 Å². The smallest absolute Gasteiger partial charge is 0.264 e. The third-order valence-electron chi connectivity index (χ3n) is 6.29. The number of benzene rings is 2. The zero-order valence-corrected chi connectivity index (χ0v) is 20.4. The summed E-state index contributed by atoms with van der Waals surface area (Å²) in [4.78, 5) is 21.2. The van der Waals surface area contributed by atoms with Crippen molar-refractivity contribution >= 4 is 27.6 Å². The number of carbonyl (C=O) groups is 1. The van der Waals surface area contributed by atoms with Gasteiger partial charge in [0.1, 0.15) is 0 Å². The van der Waals surface area contributed by atoms with Crippen LogP contribution in [0.1, 0.15) is 24.2 Å². The molecule has 0 bridgehead atoms. The summed E-state index contributed by atoms with van der Waals surface area (Å²) in [6.07, 6.45) is 2.72. The first-order chi connectivity index (χ1) is 17.8. The fourth-order valence-corrected chi connectivity index (χ4v) is 5.01. The van der Waals surface area contributed by atoms with E-state index in [1.807, 2.05) is 12.1 Å². The number of carbonyl (C=O) groups excluding carboxylic acids is 1. The van der Waals surface area contributed by atoms with Crippen LogP contribution >= 0.6 is 0 Å². The standard InChI is InChI=1S/C25H21N5O6S/c1-15-8-11-26-24(27-15)30-37(32,33)18-5-3-17(4-6-18)28-23(31)25(9-10-25)22-13-20(36-29-22)16-2-7-19-21(12-16)35-14-34-19/h2-8,11-13H,9-10,14H2,1H3,(H,28,31)(H,26,27,30). The molecule has 37 heavy (non-hydrogen) atoms. The van der Waals surface area contributed by atoms with Gasteiger partial charge in [0.15, 0.2) is 17.3 Å².